The molecule has 1 heterocycles. The number of pyridine rings is 1. The number of amides is 1. The lowest BCUT2D eigenvalue weighted by Gasteiger charge is -2.12. The third-order valence-electron chi connectivity index (χ3n) is 2.77. The molecule has 0 saturated carbocycles. The van der Waals surface area contributed by atoms with Crippen LogP contribution in [0.2, 0.25) is 0 Å². The second-order valence-corrected chi connectivity index (χ2v) is 5.70. The van der Waals surface area contributed by atoms with Crippen molar-refractivity contribution in [2.75, 3.05) is 24.3 Å². The number of aromatic nitrogens is 1. The van der Waals surface area contributed by atoms with Gasteiger partial charge in [0.15, 0.2) is 0 Å². The van der Waals surface area contributed by atoms with Crippen LogP contribution in [0.5, 0.6) is 5.75 Å². The van der Waals surface area contributed by atoms with Crippen molar-refractivity contribution in [2.24, 2.45) is 0 Å². The summed E-state index contributed by atoms with van der Waals surface area (Å²) in [5, 5.41) is 2.63. The minimum absolute atomic E-state index is 0.190. The summed E-state index contributed by atoms with van der Waals surface area (Å²) in [6, 6.07) is 8.44. The lowest BCUT2D eigenvalue weighted by Crippen LogP contribution is -2.15. The summed E-state index contributed by atoms with van der Waals surface area (Å²) in [6.45, 7) is 0. The average Bonchev–Trinajstić information content (AvgIpc) is 2.48. The Morgan fingerprint density at radius 3 is 2.43 bits per heavy atom. The molecule has 0 aliphatic carbocycles. The van der Waals surface area contributed by atoms with E-state index < -0.39 is 10.5 Å². The first-order valence-electron chi connectivity index (χ1n) is 6.43. The lowest BCUT2D eigenvalue weighted by atomic mass is 10.2. The van der Waals surface area contributed by atoms with Gasteiger partial charge < -0.3 is 14.4 Å². The fraction of sp³-hybridized carbons (Fsp3) is 0.143. The van der Waals surface area contributed by atoms with Crippen LogP contribution in [0.25, 0.3) is 0 Å². The highest BCUT2D eigenvalue weighted by Gasteiger charge is 2.11. The molecule has 0 atom stereocenters. The van der Waals surface area contributed by atoms with Crippen molar-refractivity contribution < 1.29 is 21.3 Å². The van der Waals surface area contributed by atoms with Gasteiger partial charge in [0.05, 0.1) is 0 Å². The van der Waals surface area contributed by atoms with Crippen molar-refractivity contribution in [3.8, 4) is 5.75 Å². The maximum atomic E-state index is 12.4. The van der Waals surface area contributed by atoms with Crippen molar-refractivity contribution in [2.45, 2.75) is 0 Å². The predicted molar refractivity (Wildman–Crippen MR) is 83.6 cm³/mol. The second-order valence-electron chi connectivity index (χ2n) is 4.75. The largest absolute Gasteiger partial charge is 0.488 e. The zero-order valence-electron chi connectivity index (χ0n) is 12.4. The Labute approximate surface area is 133 Å². The first-order chi connectivity index (χ1) is 10.7. The SMILES string of the molecule is CN(C)c1cc(C(=O)Nc2ccc(OS(=O)(=O)F)cc2)ccn1. The number of carbonyl (C=O) groups is 1. The monoisotopic (exact) mass is 339 g/mol. The molecule has 0 saturated heterocycles. The van der Waals surface area contributed by atoms with Crippen LogP contribution in [-0.4, -0.2) is 33.4 Å². The Bertz CT molecular complexity index is 807. The van der Waals surface area contributed by atoms with E-state index in [1.165, 1.54) is 30.5 Å². The molecular formula is C14H14FN3O4S. The molecule has 122 valence electrons. The number of nitrogens with one attached hydrogen (secondary N) is 1. The van der Waals surface area contributed by atoms with Crippen LogP contribution in [0.4, 0.5) is 15.4 Å². The van der Waals surface area contributed by atoms with Crippen molar-refractivity contribution in [3.63, 3.8) is 0 Å². The molecule has 0 unspecified atom stereocenters. The standard InChI is InChI=1S/C14H14FN3O4S/c1-18(2)13-9-10(7-8-16-13)14(19)17-11-3-5-12(6-4-11)22-23(15,20)21/h3-9H,1-2H3,(H,17,19). The fourth-order valence-corrected chi connectivity index (χ4v) is 2.06. The third-order valence-corrected chi connectivity index (χ3v) is 3.17. The molecule has 1 N–H and O–H groups in total. The molecule has 23 heavy (non-hydrogen) atoms. The van der Waals surface area contributed by atoms with E-state index in [2.05, 4.69) is 14.5 Å². The van der Waals surface area contributed by atoms with E-state index in [1.807, 2.05) is 14.1 Å². The smallest absolute Gasteiger partial charge is 0.363 e. The number of nitrogens with zero attached hydrogens (tertiary/aromatic N) is 2. The van der Waals surface area contributed by atoms with Gasteiger partial charge in [0.1, 0.15) is 11.6 Å². The molecule has 1 aromatic heterocycles. The van der Waals surface area contributed by atoms with E-state index in [1.54, 1.807) is 17.0 Å². The van der Waals surface area contributed by atoms with E-state index in [0.29, 0.717) is 17.1 Å². The predicted octanol–water partition coefficient (Wildman–Crippen LogP) is 1.99. The summed E-state index contributed by atoms with van der Waals surface area (Å²) in [5.41, 5.74) is 0.817. The molecule has 0 bridgehead atoms. The van der Waals surface area contributed by atoms with Gasteiger partial charge in [-0.3, -0.25) is 4.79 Å². The van der Waals surface area contributed by atoms with Gasteiger partial charge in [-0.05, 0) is 36.4 Å². The quantitative estimate of drug-likeness (QED) is 0.838. The van der Waals surface area contributed by atoms with Crippen LogP contribution < -0.4 is 14.4 Å². The summed E-state index contributed by atoms with van der Waals surface area (Å²) in [5.74, 6) is 0.0844. The second kappa shape index (κ2) is 6.61. The van der Waals surface area contributed by atoms with E-state index in [4.69, 9.17) is 0 Å². The first kappa shape index (κ1) is 16.7. The van der Waals surface area contributed by atoms with Gasteiger partial charge >= 0.3 is 10.5 Å². The molecule has 9 heteroatoms. The lowest BCUT2D eigenvalue weighted by molar-refractivity contribution is 0.102. The Balaban J connectivity index is 2.10. The maximum absolute atomic E-state index is 12.4. The van der Waals surface area contributed by atoms with Crippen LogP contribution >= 0.6 is 0 Å². The molecule has 2 aromatic rings. The first-order valence-corrected chi connectivity index (χ1v) is 7.74. The van der Waals surface area contributed by atoms with E-state index in [9.17, 15) is 17.1 Å². The van der Waals surface area contributed by atoms with E-state index >= 15 is 0 Å². The number of halogens is 1. The van der Waals surface area contributed by atoms with Crippen LogP contribution in [0.15, 0.2) is 42.6 Å². The van der Waals surface area contributed by atoms with Crippen molar-refractivity contribution in [1.29, 1.82) is 0 Å². The fourth-order valence-electron chi connectivity index (χ4n) is 1.72. The van der Waals surface area contributed by atoms with Gasteiger partial charge in [-0.15, -0.1) is 0 Å². The maximum Gasteiger partial charge on any atom is 0.488 e. The zero-order chi connectivity index (χ0) is 17.0. The topological polar surface area (TPSA) is 88.6 Å². The Morgan fingerprint density at radius 2 is 1.87 bits per heavy atom. The Hall–Kier alpha value is -2.68. The Kier molecular flexibility index (Phi) is 4.80. The average molecular weight is 339 g/mol. The number of hydrogen-bond donors (Lipinski definition) is 1. The molecule has 7 nitrogen and oxygen atoms in total. The number of anilines is 2. The minimum atomic E-state index is -5.07. The summed E-state index contributed by atoms with van der Waals surface area (Å²) in [4.78, 5) is 18.0. The van der Waals surface area contributed by atoms with Gasteiger partial charge in [0.25, 0.3) is 5.91 Å². The highest BCUT2D eigenvalue weighted by Crippen LogP contribution is 2.19. The van der Waals surface area contributed by atoms with Gasteiger partial charge in [0.2, 0.25) is 0 Å². The zero-order valence-corrected chi connectivity index (χ0v) is 13.2. The van der Waals surface area contributed by atoms with E-state index in [0.717, 1.165) is 0 Å². The summed E-state index contributed by atoms with van der Waals surface area (Å²) in [7, 11) is -1.45. The van der Waals surface area contributed by atoms with Crippen LogP contribution in [0.3, 0.4) is 0 Å². The van der Waals surface area contributed by atoms with Crippen molar-refractivity contribution >= 4 is 27.9 Å². The molecule has 0 fully saturated rings. The third kappa shape index (κ3) is 4.92. The van der Waals surface area contributed by atoms with Gasteiger partial charge in [-0.1, -0.05) is 3.89 Å². The summed E-state index contributed by atoms with van der Waals surface area (Å²) < 4.78 is 37.2. The van der Waals surface area contributed by atoms with Crippen LogP contribution in [-0.2, 0) is 10.5 Å². The summed E-state index contributed by atoms with van der Waals surface area (Å²) in [6.07, 6.45) is 1.52. The summed E-state index contributed by atoms with van der Waals surface area (Å²) >= 11 is 0. The van der Waals surface area contributed by atoms with Crippen molar-refractivity contribution in [3.05, 3.63) is 48.2 Å². The van der Waals surface area contributed by atoms with Crippen LogP contribution in [0.1, 0.15) is 10.4 Å². The van der Waals surface area contributed by atoms with Gasteiger partial charge in [0, 0.05) is 31.5 Å². The van der Waals surface area contributed by atoms with E-state index in [-0.39, 0.29) is 11.7 Å². The molecule has 2 rings (SSSR count). The molecule has 0 spiro atoms. The molecule has 1 amide bonds. The molecule has 0 radical (unpaired) electrons. The van der Waals surface area contributed by atoms with Crippen LogP contribution in [0, 0.1) is 0 Å². The molecule has 1 aromatic carbocycles. The minimum Gasteiger partial charge on any atom is -0.363 e. The van der Waals surface area contributed by atoms with Gasteiger partial charge in [-0.25, -0.2) is 4.98 Å². The molecular weight excluding hydrogens is 325 g/mol. The molecule has 0 aliphatic heterocycles. The Morgan fingerprint density at radius 1 is 1.22 bits per heavy atom. The highest BCUT2D eigenvalue weighted by atomic mass is 32.3. The number of benzene rings is 1. The molecule has 0 aliphatic rings. The highest BCUT2D eigenvalue weighted by molar-refractivity contribution is 7.81. The number of carbonyl (C=O) groups excluding carboxylic acids is 1. The van der Waals surface area contributed by atoms with Gasteiger partial charge in [-0.2, -0.15) is 8.42 Å². The normalized spacial score (nSPS) is 10.9. The number of rotatable bonds is 5. The van der Waals surface area contributed by atoms with Crippen molar-refractivity contribution in [1.82, 2.24) is 4.98 Å². The number of hydrogen-bond acceptors (Lipinski definition) is 6.